The summed E-state index contributed by atoms with van der Waals surface area (Å²) in [5.74, 6) is 1.03. The normalized spacial score (nSPS) is 14.8. The Morgan fingerprint density at radius 3 is 2.48 bits per heavy atom. The standard InChI is InChI=1S/C34H32ClIN2O5S/c1-6-42-33(40)29-20(4)37-34-38(30(29)24-11-9-23(10-12-24)19(2)3)32(39)28(44-34)17-22-15-26(36)31(27(16-22)41-5)43-18-21-7-13-25(35)14-8-21/h7-17,19,30H,6,18H2,1-5H3/t30-/m0/s1. The highest BCUT2D eigenvalue weighted by atomic mass is 127. The lowest BCUT2D eigenvalue weighted by atomic mass is 9.93. The first-order valence-corrected chi connectivity index (χ1v) is 16.4. The van der Waals surface area contributed by atoms with Gasteiger partial charge < -0.3 is 14.2 Å². The topological polar surface area (TPSA) is 79.1 Å². The molecule has 0 N–H and O–H groups in total. The number of carbonyl (C=O) groups is 1. The van der Waals surface area contributed by atoms with Crippen LogP contribution in [0.4, 0.5) is 0 Å². The maximum Gasteiger partial charge on any atom is 0.338 e. The summed E-state index contributed by atoms with van der Waals surface area (Å²) in [4.78, 5) is 32.4. The Hall–Kier alpha value is -3.41. The molecule has 0 unspecified atom stereocenters. The van der Waals surface area contributed by atoms with E-state index in [0.29, 0.717) is 49.7 Å². The summed E-state index contributed by atoms with van der Waals surface area (Å²) in [7, 11) is 1.59. The van der Waals surface area contributed by atoms with E-state index in [1.807, 2.05) is 66.7 Å². The zero-order chi connectivity index (χ0) is 31.5. The number of hydrogen-bond donors (Lipinski definition) is 0. The molecule has 228 valence electrons. The molecule has 2 heterocycles. The van der Waals surface area contributed by atoms with Gasteiger partial charge in [0, 0.05) is 5.02 Å². The first kappa shape index (κ1) is 32.0. The van der Waals surface area contributed by atoms with Gasteiger partial charge in [-0.1, -0.05) is 73.2 Å². The zero-order valence-electron chi connectivity index (χ0n) is 25.0. The third-order valence-corrected chi connectivity index (χ3v) is 9.32. The van der Waals surface area contributed by atoms with Gasteiger partial charge in [-0.15, -0.1) is 0 Å². The summed E-state index contributed by atoms with van der Waals surface area (Å²) in [5, 5.41) is 0.665. The Bertz CT molecular complexity index is 1910. The van der Waals surface area contributed by atoms with Crippen LogP contribution in [0.25, 0.3) is 6.08 Å². The lowest BCUT2D eigenvalue weighted by Crippen LogP contribution is -2.39. The van der Waals surface area contributed by atoms with Crippen LogP contribution in [-0.4, -0.2) is 24.3 Å². The van der Waals surface area contributed by atoms with E-state index in [0.717, 1.165) is 20.3 Å². The lowest BCUT2D eigenvalue weighted by Gasteiger charge is -2.25. The molecule has 5 rings (SSSR count). The second kappa shape index (κ2) is 13.7. The number of thiazole rings is 1. The van der Waals surface area contributed by atoms with Crippen LogP contribution in [0, 0.1) is 3.57 Å². The van der Waals surface area contributed by atoms with Crippen LogP contribution in [0.3, 0.4) is 0 Å². The van der Waals surface area contributed by atoms with E-state index in [2.05, 4.69) is 41.4 Å². The minimum absolute atomic E-state index is 0.221. The molecule has 1 atom stereocenters. The van der Waals surface area contributed by atoms with E-state index in [-0.39, 0.29) is 12.2 Å². The Kier molecular flexibility index (Phi) is 9.97. The Balaban J connectivity index is 1.57. The van der Waals surface area contributed by atoms with Crippen LogP contribution in [0.5, 0.6) is 11.5 Å². The van der Waals surface area contributed by atoms with Gasteiger partial charge in [0.2, 0.25) is 0 Å². The molecule has 0 saturated carbocycles. The molecule has 1 aromatic heterocycles. The molecule has 44 heavy (non-hydrogen) atoms. The predicted molar refractivity (Wildman–Crippen MR) is 182 cm³/mol. The minimum Gasteiger partial charge on any atom is -0.493 e. The number of nitrogens with zero attached hydrogens (tertiary/aromatic N) is 2. The number of allylic oxidation sites excluding steroid dienone is 1. The average molecular weight is 743 g/mol. The summed E-state index contributed by atoms with van der Waals surface area (Å²) >= 11 is 9.50. The van der Waals surface area contributed by atoms with Gasteiger partial charge in [-0.3, -0.25) is 9.36 Å². The molecule has 0 fully saturated rings. The average Bonchev–Trinajstić information content (AvgIpc) is 3.30. The van der Waals surface area contributed by atoms with Crippen molar-refractivity contribution in [2.24, 2.45) is 4.99 Å². The smallest absolute Gasteiger partial charge is 0.338 e. The predicted octanol–water partition coefficient (Wildman–Crippen LogP) is 6.77. The maximum atomic E-state index is 14.0. The summed E-state index contributed by atoms with van der Waals surface area (Å²) in [6.45, 7) is 8.37. The highest BCUT2D eigenvalue weighted by Gasteiger charge is 2.33. The van der Waals surface area contributed by atoms with Crippen molar-refractivity contribution in [3.8, 4) is 11.5 Å². The van der Waals surface area contributed by atoms with Crippen LogP contribution in [0.1, 0.15) is 61.9 Å². The van der Waals surface area contributed by atoms with E-state index in [1.165, 1.54) is 16.9 Å². The van der Waals surface area contributed by atoms with Crippen molar-refractivity contribution < 1.29 is 19.0 Å². The van der Waals surface area contributed by atoms with Crippen LogP contribution < -0.4 is 24.4 Å². The Morgan fingerprint density at radius 2 is 1.84 bits per heavy atom. The second-order valence-electron chi connectivity index (χ2n) is 10.6. The van der Waals surface area contributed by atoms with Crippen LogP contribution in [-0.2, 0) is 16.1 Å². The van der Waals surface area contributed by atoms with E-state index < -0.39 is 12.0 Å². The number of fused-ring (bicyclic) bond motifs is 1. The minimum atomic E-state index is -0.660. The first-order valence-electron chi connectivity index (χ1n) is 14.2. The van der Waals surface area contributed by atoms with E-state index in [1.54, 1.807) is 25.5 Å². The van der Waals surface area contributed by atoms with Crippen molar-refractivity contribution >= 4 is 57.6 Å². The van der Waals surface area contributed by atoms with Gasteiger partial charge in [0.25, 0.3) is 5.56 Å². The summed E-state index contributed by atoms with van der Waals surface area (Å²) in [6.07, 6.45) is 1.82. The second-order valence-corrected chi connectivity index (χ2v) is 13.2. The number of carbonyl (C=O) groups excluding carboxylic acids is 1. The molecule has 7 nitrogen and oxygen atoms in total. The SMILES string of the molecule is CCOC(=O)C1=C(C)N=c2sc(=Cc3cc(I)c(OCc4ccc(Cl)cc4)c(OC)c3)c(=O)n2[C@H]1c1ccc(C(C)C)cc1. The molecule has 4 aromatic rings. The van der Waals surface area contributed by atoms with E-state index in [4.69, 9.17) is 25.8 Å². The van der Waals surface area contributed by atoms with Crippen molar-refractivity contribution in [1.29, 1.82) is 0 Å². The van der Waals surface area contributed by atoms with E-state index in [9.17, 15) is 9.59 Å². The van der Waals surface area contributed by atoms with Gasteiger partial charge in [0.05, 0.1) is 39.1 Å². The van der Waals surface area contributed by atoms with Crippen molar-refractivity contribution in [3.05, 3.63) is 122 Å². The lowest BCUT2D eigenvalue weighted by molar-refractivity contribution is -0.139. The van der Waals surface area contributed by atoms with Gasteiger partial charge in [-0.05, 0) is 95.0 Å². The molecular formula is C34H32ClIN2O5S. The summed E-state index contributed by atoms with van der Waals surface area (Å²) in [6, 6.07) is 18.6. The van der Waals surface area contributed by atoms with E-state index >= 15 is 0 Å². The molecule has 1 aliphatic heterocycles. The van der Waals surface area contributed by atoms with Crippen molar-refractivity contribution in [1.82, 2.24) is 4.57 Å². The molecule has 1 aliphatic rings. The van der Waals surface area contributed by atoms with Crippen LogP contribution in [0.15, 0.2) is 81.7 Å². The maximum absolute atomic E-state index is 14.0. The molecule has 0 saturated heterocycles. The van der Waals surface area contributed by atoms with Gasteiger partial charge in [-0.2, -0.15) is 0 Å². The van der Waals surface area contributed by atoms with Gasteiger partial charge in [0.15, 0.2) is 16.3 Å². The molecule has 10 heteroatoms. The fourth-order valence-electron chi connectivity index (χ4n) is 5.02. The molecule has 0 spiro atoms. The fourth-order valence-corrected chi connectivity index (χ4v) is 6.97. The van der Waals surface area contributed by atoms with Crippen molar-refractivity contribution in [2.75, 3.05) is 13.7 Å². The number of esters is 1. The molecular weight excluding hydrogens is 711 g/mol. The number of methoxy groups -OCH3 is 1. The quantitative estimate of drug-likeness (QED) is 0.140. The van der Waals surface area contributed by atoms with Gasteiger partial charge >= 0.3 is 5.97 Å². The highest BCUT2D eigenvalue weighted by molar-refractivity contribution is 14.1. The Labute approximate surface area is 278 Å². The monoisotopic (exact) mass is 742 g/mol. The summed E-state index contributed by atoms with van der Waals surface area (Å²) in [5.41, 5.74) is 4.39. The van der Waals surface area contributed by atoms with Crippen LogP contribution in [0.2, 0.25) is 5.02 Å². The summed E-state index contributed by atoms with van der Waals surface area (Å²) < 4.78 is 20.1. The Morgan fingerprint density at radius 1 is 1.14 bits per heavy atom. The largest absolute Gasteiger partial charge is 0.493 e. The number of halogens is 2. The molecule has 0 radical (unpaired) electrons. The number of ether oxygens (including phenoxy) is 3. The number of aromatic nitrogens is 1. The number of rotatable bonds is 9. The van der Waals surface area contributed by atoms with Crippen LogP contribution >= 0.6 is 45.5 Å². The third-order valence-electron chi connectivity index (χ3n) is 7.28. The molecule has 3 aromatic carbocycles. The molecule has 0 bridgehead atoms. The van der Waals surface area contributed by atoms with Gasteiger partial charge in [-0.25, -0.2) is 9.79 Å². The highest BCUT2D eigenvalue weighted by Crippen LogP contribution is 2.35. The van der Waals surface area contributed by atoms with Crippen molar-refractivity contribution in [3.63, 3.8) is 0 Å². The number of hydrogen-bond acceptors (Lipinski definition) is 7. The van der Waals surface area contributed by atoms with Crippen molar-refractivity contribution in [2.45, 2.75) is 46.3 Å². The fraction of sp³-hybridized carbons (Fsp3) is 0.265. The number of benzene rings is 3. The van der Waals surface area contributed by atoms with Gasteiger partial charge in [0.1, 0.15) is 6.61 Å². The third kappa shape index (κ3) is 6.64. The zero-order valence-corrected chi connectivity index (χ0v) is 28.7. The first-order chi connectivity index (χ1) is 21.1. The molecule has 0 aliphatic carbocycles. The molecule has 0 amide bonds.